The molecule has 4 nitrogen and oxygen atoms in total. The molecule has 2 atom stereocenters. The van der Waals surface area contributed by atoms with E-state index in [1.165, 1.54) is 19.3 Å². The van der Waals surface area contributed by atoms with Crippen molar-refractivity contribution in [3.05, 3.63) is 24.3 Å². The molecule has 21 heavy (non-hydrogen) atoms. The number of likely N-dealkylation sites (tertiary alicyclic amines) is 1. The maximum Gasteiger partial charge on any atom is 0.320 e. The third kappa shape index (κ3) is 2.52. The molecule has 1 saturated carbocycles. The van der Waals surface area contributed by atoms with E-state index in [1.807, 2.05) is 17.1 Å². The van der Waals surface area contributed by atoms with Crippen molar-refractivity contribution in [1.82, 2.24) is 4.90 Å². The Balaban J connectivity index is 1.79. The number of hydrogen-bond acceptors (Lipinski definition) is 3. The second kappa shape index (κ2) is 6.04. The van der Waals surface area contributed by atoms with E-state index in [1.54, 1.807) is 6.92 Å². The quantitative estimate of drug-likeness (QED) is 0.454. The fraction of sp³-hybridized carbons (Fsp3) is 0.647. The highest BCUT2D eigenvalue weighted by Crippen LogP contribution is 2.40. The summed E-state index contributed by atoms with van der Waals surface area (Å²) in [6.45, 7) is 2.11. The Labute approximate surface area is 125 Å². The summed E-state index contributed by atoms with van der Waals surface area (Å²) in [6, 6.07) is 0.263. The second-order valence-corrected chi connectivity index (χ2v) is 6.10. The Morgan fingerprint density at radius 2 is 1.90 bits per heavy atom. The van der Waals surface area contributed by atoms with Crippen molar-refractivity contribution < 1.29 is 14.3 Å². The van der Waals surface area contributed by atoms with Gasteiger partial charge in [0, 0.05) is 12.0 Å². The first-order chi connectivity index (χ1) is 10.2. The van der Waals surface area contributed by atoms with Gasteiger partial charge in [0.25, 0.3) is 0 Å². The van der Waals surface area contributed by atoms with Gasteiger partial charge in [-0.25, -0.2) is 0 Å². The molecular weight excluding hydrogens is 266 g/mol. The molecule has 0 aromatic heterocycles. The number of hydrogen-bond donors (Lipinski definition) is 0. The van der Waals surface area contributed by atoms with Crippen LogP contribution in [0.1, 0.15) is 39.0 Å². The molecule has 114 valence electrons. The number of esters is 1. The van der Waals surface area contributed by atoms with Crippen LogP contribution < -0.4 is 0 Å². The lowest BCUT2D eigenvalue weighted by atomic mass is 9.76. The summed E-state index contributed by atoms with van der Waals surface area (Å²) in [7, 11) is 0. The summed E-state index contributed by atoms with van der Waals surface area (Å²) in [5.74, 6) is -0.837. The first-order valence-electron chi connectivity index (χ1n) is 8.08. The molecule has 1 heterocycles. The van der Waals surface area contributed by atoms with E-state index in [0.717, 1.165) is 12.8 Å². The molecule has 0 aromatic carbocycles. The summed E-state index contributed by atoms with van der Waals surface area (Å²) in [5.41, 5.74) is 0. The van der Waals surface area contributed by atoms with Gasteiger partial charge in [-0.1, -0.05) is 43.6 Å². The number of allylic oxidation sites excluding steroid dienone is 2. The number of carbonyl (C=O) groups excluding carboxylic acids is 2. The molecule has 0 N–H and O–H groups in total. The van der Waals surface area contributed by atoms with Gasteiger partial charge in [0.15, 0.2) is 5.92 Å². The van der Waals surface area contributed by atoms with Gasteiger partial charge in [0.2, 0.25) is 5.91 Å². The Kier molecular flexibility index (Phi) is 4.13. The predicted molar refractivity (Wildman–Crippen MR) is 79.4 cm³/mol. The summed E-state index contributed by atoms with van der Waals surface area (Å²) >= 11 is 0. The molecule has 0 bridgehead atoms. The monoisotopic (exact) mass is 289 g/mol. The average molecular weight is 289 g/mol. The number of β-lactam (4-membered cyclic amide) rings is 1. The van der Waals surface area contributed by atoms with Crippen molar-refractivity contribution in [3.63, 3.8) is 0 Å². The molecule has 3 aliphatic rings. The van der Waals surface area contributed by atoms with Crippen molar-refractivity contribution in [2.75, 3.05) is 6.61 Å². The van der Waals surface area contributed by atoms with Crippen molar-refractivity contribution >= 4 is 11.9 Å². The molecule has 3 rings (SSSR count). The first kappa shape index (κ1) is 14.4. The fourth-order valence-electron chi connectivity index (χ4n) is 3.87. The molecule has 0 unspecified atom stereocenters. The topological polar surface area (TPSA) is 46.6 Å². The molecule has 2 aliphatic carbocycles. The van der Waals surface area contributed by atoms with E-state index in [-0.39, 0.29) is 23.8 Å². The Hall–Kier alpha value is -1.58. The lowest BCUT2D eigenvalue weighted by molar-refractivity contribution is -0.178. The lowest BCUT2D eigenvalue weighted by Crippen LogP contribution is -2.69. The van der Waals surface area contributed by atoms with Gasteiger partial charge >= 0.3 is 5.97 Å². The maximum atomic E-state index is 12.5. The van der Waals surface area contributed by atoms with Crippen molar-refractivity contribution in [2.45, 2.75) is 51.1 Å². The fourth-order valence-corrected chi connectivity index (χ4v) is 3.87. The van der Waals surface area contributed by atoms with Gasteiger partial charge < -0.3 is 9.64 Å². The Morgan fingerprint density at radius 3 is 2.52 bits per heavy atom. The minimum atomic E-state index is -0.607. The summed E-state index contributed by atoms with van der Waals surface area (Å²) in [4.78, 5) is 26.6. The van der Waals surface area contributed by atoms with Gasteiger partial charge in [-0.3, -0.25) is 9.59 Å². The van der Waals surface area contributed by atoms with E-state index in [4.69, 9.17) is 4.74 Å². The maximum absolute atomic E-state index is 12.5. The highest BCUT2D eigenvalue weighted by Gasteiger charge is 2.56. The molecule has 1 aliphatic heterocycles. The Morgan fingerprint density at radius 1 is 1.24 bits per heavy atom. The van der Waals surface area contributed by atoms with Gasteiger partial charge in [0.1, 0.15) is 0 Å². The number of ether oxygens (including phenoxy) is 1. The Bertz CT molecular complexity index is 464. The van der Waals surface area contributed by atoms with Crippen LogP contribution >= 0.6 is 0 Å². The number of rotatable bonds is 4. The number of nitrogens with zero attached hydrogens (tertiary/aromatic N) is 1. The van der Waals surface area contributed by atoms with Gasteiger partial charge in [-0.05, 0) is 19.8 Å². The minimum Gasteiger partial charge on any atom is -0.465 e. The van der Waals surface area contributed by atoms with Gasteiger partial charge in [-0.2, -0.15) is 0 Å². The van der Waals surface area contributed by atoms with Crippen LogP contribution in [-0.2, 0) is 14.3 Å². The zero-order valence-corrected chi connectivity index (χ0v) is 12.5. The third-order valence-electron chi connectivity index (χ3n) is 4.86. The van der Waals surface area contributed by atoms with E-state index in [2.05, 4.69) is 12.2 Å². The number of amides is 1. The number of carbonyl (C=O) groups is 2. The molecule has 1 amide bonds. The molecule has 0 aromatic rings. The normalized spacial score (nSPS) is 29.8. The van der Waals surface area contributed by atoms with E-state index >= 15 is 0 Å². The third-order valence-corrected chi connectivity index (χ3v) is 4.86. The highest BCUT2D eigenvalue weighted by atomic mass is 16.5. The lowest BCUT2D eigenvalue weighted by Gasteiger charge is -2.52. The molecule has 4 heteroatoms. The average Bonchev–Trinajstić information content (AvgIpc) is 2.99. The van der Waals surface area contributed by atoms with E-state index < -0.39 is 5.92 Å². The molecule has 2 fully saturated rings. The van der Waals surface area contributed by atoms with Crippen LogP contribution in [0.25, 0.3) is 0 Å². The zero-order chi connectivity index (χ0) is 14.8. The van der Waals surface area contributed by atoms with Gasteiger partial charge in [-0.15, -0.1) is 0 Å². The first-order valence-corrected chi connectivity index (χ1v) is 8.08. The zero-order valence-electron chi connectivity index (χ0n) is 12.5. The van der Waals surface area contributed by atoms with E-state index in [0.29, 0.717) is 12.6 Å². The highest BCUT2D eigenvalue weighted by molar-refractivity contribution is 6.04. The van der Waals surface area contributed by atoms with Crippen molar-refractivity contribution in [1.29, 1.82) is 0 Å². The molecule has 1 saturated heterocycles. The van der Waals surface area contributed by atoms with Crippen LogP contribution in [0.3, 0.4) is 0 Å². The summed E-state index contributed by atoms with van der Waals surface area (Å²) in [6.07, 6.45) is 13.9. The molecular formula is C17H23NO3. The minimum absolute atomic E-state index is 0.0287. The molecule has 0 radical (unpaired) electrons. The largest absolute Gasteiger partial charge is 0.465 e. The van der Waals surface area contributed by atoms with Crippen molar-refractivity contribution in [3.8, 4) is 0 Å². The van der Waals surface area contributed by atoms with Crippen LogP contribution in [0.15, 0.2) is 24.3 Å². The van der Waals surface area contributed by atoms with Crippen LogP contribution in [0.2, 0.25) is 0 Å². The smallest absolute Gasteiger partial charge is 0.320 e. The standard InChI is InChI=1S/C17H23NO3/c1-2-21-17(20)14-15(12-8-6-7-9-12)18(16(14)19)13-10-4-3-5-11-13/h6-9,12-15H,2-5,10-11H2,1H3/t14-,15-/m0/s1. The van der Waals surface area contributed by atoms with E-state index in [9.17, 15) is 9.59 Å². The van der Waals surface area contributed by atoms with Gasteiger partial charge in [0.05, 0.1) is 12.6 Å². The SMILES string of the molecule is CCOC(=O)[C@@H]1C(=O)N(C2CCCCC2)[C@H]1C1C=CC=C1. The van der Waals surface area contributed by atoms with Crippen molar-refractivity contribution in [2.24, 2.45) is 11.8 Å². The van der Waals surface area contributed by atoms with Crippen LogP contribution in [0.5, 0.6) is 0 Å². The summed E-state index contributed by atoms with van der Waals surface area (Å²) in [5, 5.41) is 0. The molecule has 0 spiro atoms. The predicted octanol–water partition coefficient (Wildman–Crippen LogP) is 2.45. The van der Waals surface area contributed by atoms with Crippen LogP contribution in [0, 0.1) is 11.8 Å². The van der Waals surface area contributed by atoms with Crippen LogP contribution in [0.4, 0.5) is 0 Å². The van der Waals surface area contributed by atoms with Crippen LogP contribution in [-0.4, -0.2) is 35.5 Å². The summed E-state index contributed by atoms with van der Waals surface area (Å²) < 4.78 is 5.11. The second-order valence-electron chi connectivity index (χ2n) is 6.10.